The van der Waals surface area contributed by atoms with Crippen molar-refractivity contribution in [3.05, 3.63) is 88.9 Å². The predicted octanol–water partition coefficient (Wildman–Crippen LogP) is 5.19. The van der Waals surface area contributed by atoms with Gasteiger partial charge in [0.15, 0.2) is 6.61 Å². The van der Waals surface area contributed by atoms with E-state index in [1.807, 2.05) is 18.2 Å². The lowest BCUT2D eigenvalue weighted by molar-refractivity contribution is -0.118. The van der Waals surface area contributed by atoms with E-state index >= 15 is 0 Å². The summed E-state index contributed by atoms with van der Waals surface area (Å²) < 4.78 is 10.6. The van der Waals surface area contributed by atoms with Crippen LogP contribution in [0.1, 0.15) is 28.8 Å². The number of amides is 2. The van der Waals surface area contributed by atoms with Gasteiger partial charge in [0.05, 0.1) is 12.2 Å². The fourth-order valence-electron chi connectivity index (χ4n) is 4.64. The fraction of sp³-hybridized carbons (Fsp3) is 0.333. The molecule has 1 aliphatic rings. The Hall–Kier alpha value is -3.55. The van der Waals surface area contributed by atoms with Crippen LogP contribution in [-0.2, 0) is 16.0 Å². The molecular formula is C30H34ClN3O4. The first-order chi connectivity index (χ1) is 18.5. The smallest absolute Gasteiger partial charge is 0.262 e. The first-order valence-corrected chi connectivity index (χ1v) is 13.3. The molecule has 0 radical (unpaired) electrons. The largest absolute Gasteiger partial charge is 0.484 e. The van der Waals surface area contributed by atoms with Crippen molar-refractivity contribution in [3.8, 4) is 5.75 Å². The summed E-state index contributed by atoms with van der Waals surface area (Å²) in [5.74, 6) is 0.651. The van der Waals surface area contributed by atoms with Crippen molar-refractivity contribution in [2.45, 2.75) is 19.3 Å². The van der Waals surface area contributed by atoms with Crippen LogP contribution < -0.4 is 20.3 Å². The summed E-state index contributed by atoms with van der Waals surface area (Å²) in [5.41, 5.74) is 3.30. The first-order valence-electron chi connectivity index (χ1n) is 12.9. The van der Waals surface area contributed by atoms with Gasteiger partial charge in [-0.2, -0.15) is 0 Å². The van der Waals surface area contributed by atoms with E-state index in [1.165, 1.54) is 5.56 Å². The zero-order chi connectivity index (χ0) is 26.7. The first kappa shape index (κ1) is 27.5. The van der Waals surface area contributed by atoms with E-state index in [1.54, 1.807) is 37.4 Å². The minimum atomic E-state index is -0.319. The van der Waals surface area contributed by atoms with E-state index < -0.39 is 0 Å². The van der Waals surface area contributed by atoms with Crippen LogP contribution in [0.2, 0.25) is 5.02 Å². The summed E-state index contributed by atoms with van der Waals surface area (Å²) in [6.45, 7) is 2.41. The molecule has 3 aromatic rings. The second-order valence-corrected chi connectivity index (χ2v) is 9.83. The predicted molar refractivity (Wildman–Crippen MR) is 151 cm³/mol. The minimum Gasteiger partial charge on any atom is -0.484 e. The number of halogens is 1. The summed E-state index contributed by atoms with van der Waals surface area (Å²) in [5, 5.41) is 6.35. The number of hydrogen-bond acceptors (Lipinski definition) is 5. The standard InChI is InChI=1S/C30H34ClN3O4/c1-37-18-15-32-30(36)27-20-25(33-29(35)21-38-26-10-7-24(31)8-11-26)9-12-28(27)34-16-13-23(14-17-34)19-22-5-3-2-4-6-22/h2-12,20,23H,13-19,21H2,1H3,(H,32,36)(H,33,35). The zero-order valence-corrected chi connectivity index (χ0v) is 22.4. The molecule has 1 fully saturated rings. The molecule has 0 spiro atoms. The molecule has 1 saturated heterocycles. The Morgan fingerprint density at radius 3 is 2.45 bits per heavy atom. The molecule has 2 N–H and O–H groups in total. The highest BCUT2D eigenvalue weighted by Gasteiger charge is 2.24. The van der Waals surface area contributed by atoms with Crippen LogP contribution in [0.4, 0.5) is 11.4 Å². The highest BCUT2D eigenvalue weighted by Crippen LogP contribution is 2.30. The molecule has 4 rings (SSSR count). The van der Waals surface area contributed by atoms with Gasteiger partial charge in [0.25, 0.3) is 11.8 Å². The zero-order valence-electron chi connectivity index (χ0n) is 21.6. The van der Waals surface area contributed by atoms with Gasteiger partial charge in [-0.05, 0) is 73.2 Å². The number of ether oxygens (including phenoxy) is 2. The van der Waals surface area contributed by atoms with Gasteiger partial charge in [-0.15, -0.1) is 0 Å². The van der Waals surface area contributed by atoms with E-state index in [2.05, 4.69) is 39.8 Å². The van der Waals surface area contributed by atoms with Gasteiger partial charge in [0, 0.05) is 43.1 Å². The minimum absolute atomic E-state index is 0.159. The molecule has 1 heterocycles. The molecule has 0 aliphatic carbocycles. The molecule has 0 unspecified atom stereocenters. The van der Waals surface area contributed by atoms with Crippen molar-refractivity contribution in [3.63, 3.8) is 0 Å². The molecule has 0 bridgehead atoms. The quantitative estimate of drug-likeness (QED) is 0.330. The third kappa shape index (κ3) is 7.97. The highest BCUT2D eigenvalue weighted by molar-refractivity contribution is 6.30. The molecule has 38 heavy (non-hydrogen) atoms. The average molecular weight is 536 g/mol. The normalized spacial score (nSPS) is 13.7. The maximum absolute atomic E-state index is 13.1. The molecule has 0 aromatic heterocycles. The summed E-state index contributed by atoms with van der Waals surface area (Å²) in [4.78, 5) is 27.9. The summed E-state index contributed by atoms with van der Waals surface area (Å²) >= 11 is 5.89. The van der Waals surface area contributed by atoms with Crippen LogP contribution in [0.15, 0.2) is 72.8 Å². The van der Waals surface area contributed by atoms with Crippen molar-refractivity contribution < 1.29 is 19.1 Å². The van der Waals surface area contributed by atoms with Gasteiger partial charge < -0.3 is 25.0 Å². The number of anilines is 2. The molecule has 7 nitrogen and oxygen atoms in total. The van der Waals surface area contributed by atoms with E-state index in [0.717, 1.165) is 38.0 Å². The molecule has 0 saturated carbocycles. The lowest BCUT2D eigenvalue weighted by Gasteiger charge is -2.35. The monoisotopic (exact) mass is 535 g/mol. The third-order valence-electron chi connectivity index (χ3n) is 6.62. The maximum Gasteiger partial charge on any atom is 0.262 e. The van der Waals surface area contributed by atoms with Crippen molar-refractivity contribution in [2.24, 2.45) is 5.92 Å². The highest BCUT2D eigenvalue weighted by atomic mass is 35.5. The van der Waals surface area contributed by atoms with Crippen LogP contribution in [0.3, 0.4) is 0 Å². The van der Waals surface area contributed by atoms with Crippen LogP contribution in [-0.4, -0.2) is 51.8 Å². The molecule has 8 heteroatoms. The SMILES string of the molecule is COCCNC(=O)c1cc(NC(=O)COc2ccc(Cl)cc2)ccc1N1CCC(Cc2ccccc2)CC1. The molecule has 1 aliphatic heterocycles. The van der Waals surface area contributed by atoms with Gasteiger partial charge >= 0.3 is 0 Å². The second-order valence-electron chi connectivity index (χ2n) is 9.39. The lowest BCUT2D eigenvalue weighted by Crippen LogP contribution is -2.36. The van der Waals surface area contributed by atoms with Crippen LogP contribution >= 0.6 is 11.6 Å². The topological polar surface area (TPSA) is 79.9 Å². The summed E-state index contributed by atoms with van der Waals surface area (Å²) in [6.07, 6.45) is 3.18. The van der Waals surface area contributed by atoms with Gasteiger partial charge in [0.2, 0.25) is 0 Å². The Balaban J connectivity index is 1.41. The molecular weight excluding hydrogens is 502 g/mol. The van der Waals surface area contributed by atoms with Gasteiger partial charge in [-0.25, -0.2) is 0 Å². The van der Waals surface area contributed by atoms with E-state index in [-0.39, 0.29) is 18.4 Å². The average Bonchev–Trinajstić information content (AvgIpc) is 2.94. The molecule has 200 valence electrons. The Morgan fingerprint density at radius 1 is 1.00 bits per heavy atom. The number of piperidine rings is 1. The number of benzene rings is 3. The second kappa shape index (κ2) is 13.8. The Morgan fingerprint density at radius 2 is 1.74 bits per heavy atom. The molecule has 0 atom stereocenters. The number of methoxy groups -OCH3 is 1. The van der Waals surface area contributed by atoms with Gasteiger partial charge in [-0.1, -0.05) is 41.9 Å². The van der Waals surface area contributed by atoms with Crippen molar-refractivity contribution >= 4 is 34.8 Å². The maximum atomic E-state index is 13.1. The summed E-state index contributed by atoms with van der Waals surface area (Å²) in [7, 11) is 1.60. The number of nitrogens with one attached hydrogen (secondary N) is 2. The van der Waals surface area contributed by atoms with Crippen molar-refractivity contribution in [1.29, 1.82) is 0 Å². The molecule has 2 amide bonds. The number of rotatable bonds is 11. The molecule has 3 aromatic carbocycles. The Labute approximate surface area is 229 Å². The van der Waals surface area contributed by atoms with Crippen LogP contribution in [0.25, 0.3) is 0 Å². The van der Waals surface area contributed by atoms with E-state index in [0.29, 0.717) is 41.1 Å². The van der Waals surface area contributed by atoms with Gasteiger partial charge in [0.1, 0.15) is 5.75 Å². The third-order valence-corrected chi connectivity index (χ3v) is 6.87. The lowest BCUT2D eigenvalue weighted by atomic mass is 9.89. The fourth-order valence-corrected chi connectivity index (χ4v) is 4.76. The number of carbonyl (C=O) groups is 2. The van der Waals surface area contributed by atoms with Crippen molar-refractivity contribution in [1.82, 2.24) is 5.32 Å². The van der Waals surface area contributed by atoms with Gasteiger partial charge in [-0.3, -0.25) is 9.59 Å². The van der Waals surface area contributed by atoms with Crippen molar-refractivity contribution in [2.75, 3.05) is 50.2 Å². The Kier molecular flexibility index (Phi) is 10.0. The van der Waals surface area contributed by atoms with Crippen LogP contribution in [0, 0.1) is 5.92 Å². The van der Waals surface area contributed by atoms with Crippen LogP contribution in [0.5, 0.6) is 5.75 Å². The number of carbonyl (C=O) groups excluding carboxylic acids is 2. The summed E-state index contributed by atoms with van der Waals surface area (Å²) in [6, 6.07) is 22.9. The number of nitrogens with zero attached hydrogens (tertiary/aromatic N) is 1. The number of hydrogen-bond donors (Lipinski definition) is 2. The van der Waals surface area contributed by atoms with E-state index in [4.69, 9.17) is 21.1 Å². The van der Waals surface area contributed by atoms with E-state index in [9.17, 15) is 9.59 Å². The Bertz CT molecular complexity index is 1200.